The van der Waals surface area contributed by atoms with E-state index in [0.29, 0.717) is 0 Å². The van der Waals surface area contributed by atoms with Gasteiger partial charge in [0.1, 0.15) is 35.4 Å². The lowest BCUT2D eigenvalue weighted by molar-refractivity contribution is -0.149. The van der Waals surface area contributed by atoms with Crippen molar-refractivity contribution in [1.82, 2.24) is 14.6 Å². The van der Waals surface area contributed by atoms with Gasteiger partial charge in [-0.1, -0.05) is 18.2 Å². The third kappa shape index (κ3) is 6.49. The van der Waals surface area contributed by atoms with Crippen LogP contribution in [0.5, 0.6) is 5.75 Å². The average Bonchev–Trinajstić information content (AvgIpc) is 3.01. The number of nitrogen functional groups attached to an aromatic ring is 1. The van der Waals surface area contributed by atoms with Gasteiger partial charge < -0.3 is 29.9 Å². The van der Waals surface area contributed by atoms with Gasteiger partial charge >= 0.3 is 19.4 Å². The Hall–Kier alpha value is -2.80. The highest BCUT2D eigenvalue weighted by molar-refractivity contribution is 7.52. The Kier molecular flexibility index (Phi) is 8.55. The minimum atomic E-state index is -4.25. The van der Waals surface area contributed by atoms with Crippen molar-refractivity contribution in [3.8, 4) is 5.75 Å². The Morgan fingerprint density at radius 3 is 2.58 bits per heavy atom. The van der Waals surface area contributed by atoms with Gasteiger partial charge in [-0.2, -0.15) is 10.1 Å². The van der Waals surface area contributed by atoms with Crippen LogP contribution >= 0.6 is 7.75 Å². The molecule has 13 nitrogen and oxygen atoms in total. The van der Waals surface area contributed by atoms with E-state index in [1.165, 1.54) is 38.2 Å². The lowest BCUT2D eigenvalue weighted by Gasteiger charge is -2.28. The highest BCUT2D eigenvalue weighted by Crippen LogP contribution is 2.47. The van der Waals surface area contributed by atoms with Gasteiger partial charge in [0.05, 0.1) is 12.7 Å². The van der Waals surface area contributed by atoms with Crippen molar-refractivity contribution in [1.29, 1.82) is 0 Å². The van der Waals surface area contributed by atoms with E-state index in [1.54, 1.807) is 32.0 Å². The molecule has 2 aromatic rings. The highest BCUT2D eigenvalue weighted by atomic mass is 31.2. The Labute approximate surface area is 207 Å². The van der Waals surface area contributed by atoms with Crippen LogP contribution in [0.25, 0.3) is 0 Å². The van der Waals surface area contributed by atoms with Gasteiger partial charge in [-0.3, -0.25) is 13.9 Å². The number of ether oxygens (including phenoxy) is 2. The zero-order valence-electron chi connectivity index (χ0n) is 20.3. The second kappa shape index (κ2) is 11.1. The van der Waals surface area contributed by atoms with Crippen molar-refractivity contribution in [2.24, 2.45) is 0 Å². The van der Waals surface area contributed by atoms with Crippen LogP contribution < -0.4 is 21.0 Å². The van der Waals surface area contributed by atoms with Crippen molar-refractivity contribution in [2.45, 2.75) is 63.9 Å². The normalized spacial score (nSPS) is 26.4. The number of nitrogens with one attached hydrogen (secondary N) is 1. The molecule has 1 aromatic carbocycles. The number of carbonyl (C=O) groups is 1. The van der Waals surface area contributed by atoms with Gasteiger partial charge in [0.2, 0.25) is 0 Å². The summed E-state index contributed by atoms with van der Waals surface area (Å²) in [5, 5.41) is 24.1. The number of nitrogens with two attached hydrogens (primary N) is 1. The third-order valence-corrected chi connectivity index (χ3v) is 7.02. The number of para-hydroxylation sites is 1. The molecule has 0 bridgehead atoms. The number of hydrogen-bond acceptors (Lipinski definition) is 11. The van der Waals surface area contributed by atoms with Crippen molar-refractivity contribution in [3.05, 3.63) is 53.1 Å². The Balaban J connectivity index is 1.80. The van der Waals surface area contributed by atoms with Crippen LogP contribution in [0.3, 0.4) is 0 Å². The summed E-state index contributed by atoms with van der Waals surface area (Å²) in [7, 11) is -4.25. The standard InChI is InChI=1S/C22H31N4O9P/c1-13(2)33-20(28)14(3)25-36(31,35-15-8-6-5-7-9-15)32-12-16-22(4,30)18(27)19(34-16)26-11-10-17(23)24-21(26)29/h5-11,13-14,16,18-19,27,30H,12H2,1-4H3,(H,25,31)(H2,23,24,29)/t14-,16+,18+,19+,22?,36?/m0/s1. The van der Waals surface area contributed by atoms with Crippen molar-refractivity contribution >= 4 is 19.5 Å². The quantitative estimate of drug-likeness (QED) is 0.254. The first-order valence-corrected chi connectivity index (χ1v) is 12.7. The molecule has 0 amide bonds. The Morgan fingerprint density at radius 1 is 1.31 bits per heavy atom. The van der Waals surface area contributed by atoms with E-state index in [4.69, 9.17) is 24.3 Å². The molecule has 0 spiro atoms. The van der Waals surface area contributed by atoms with Gasteiger partial charge in [0.25, 0.3) is 0 Å². The van der Waals surface area contributed by atoms with E-state index in [-0.39, 0.29) is 11.6 Å². The minimum Gasteiger partial charge on any atom is -0.462 e. The van der Waals surface area contributed by atoms with Gasteiger partial charge in [0, 0.05) is 6.20 Å². The lowest BCUT2D eigenvalue weighted by atomic mass is 9.95. The molecule has 0 radical (unpaired) electrons. The van der Waals surface area contributed by atoms with E-state index in [1.807, 2.05) is 0 Å². The number of carbonyl (C=O) groups excluding carboxylic acids is 1. The molecule has 36 heavy (non-hydrogen) atoms. The van der Waals surface area contributed by atoms with Gasteiger partial charge in [-0.25, -0.2) is 9.36 Å². The van der Waals surface area contributed by atoms with Crippen LogP contribution in [-0.2, 0) is 23.4 Å². The number of aliphatic hydroxyl groups excluding tert-OH is 1. The van der Waals surface area contributed by atoms with Crippen LogP contribution in [0.2, 0.25) is 0 Å². The predicted octanol–water partition coefficient (Wildman–Crippen LogP) is 0.968. The van der Waals surface area contributed by atoms with Crippen LogP contribution in [0.1, 0.15) is 33.9 Å². The Morgan fingerprint density at radius 2 is 1.97 bits per heavy atom. The molecule has 5 N–H and O–H groups in total. The number of aliphatic hydroxyl groups is 2. The summed E-state index contributed by atoms with van der Waals surface area (Å²) in [5.41, 5.74) is 2.78. The molecule has 1 fully saturated rings. The molecule has 2 heterocycles. The summed E-state index contributed by atoms with van der Waals surface area (Å²) < 4.78 is 36.6. The molecule has 198 valence electrons. The number of esters is 1. The van der Waals surface area contributed by atoms with Gasteiger partial charge in [-0.15, -0.1) is 0 Å². The smallest absolute Gasteiger partial charge is 0.459 e. The molecular formula is C22H31N4O9P. The van der Waals surface area contributed by atoms with E-state index in [2.05, 4.69) is 10.1 Å². The molecule has 3 rings (SSSR count). The number of hydrogen-bond donors (Lipinski definition) is 4. The van der Waals surface area contributed by atoms with Crippen LogP contribution in [-0.4, -0.2) is 62.3 Å². The molecule has 1 saturated heterocycles. The number of anilines is 1. The van der Waals surface area contributed by atoms with E-state index in [9.17, 15) is 24.4 Å². The second-order valence-electron chi connectivity index (χ2n) is 8.76. The fourth-order valence-corrected chi connectivity index (χ4v) is 4.90. The summed E-state index contributed by atoms with van der Waals surface area (Å²) in [4.78, 5) is 28.1. The molecule has 1 aliphatic rings. The summed E-state index contributed by atoms with van der Waals surface area (Å²) in [6.45, 7) is 5.51. The molecule has 1 aromatic heterocycles. The maximum absolute atomic E-state index is 13.6. The van der Waals surface area contributed by atoms with Crippen molar-refractivity contribution in [2.75, 3.05) is 12.3 Å². The van der Waals surface area contributed by atoms with E-state index < -0.39 is 62.2 Å². The number of aromatic nitrogens is 2. The highest BCUT2D eigenvalue weighted by Gasteiger charge is 2.54. The first-order chi connectivity index (χ1) is 16.8. The largest absolute Gasteiger partial charge is 0.462 e. The fraction of sp³-hybridized carbons (Fsp3) is 0.500. The zero-order chi connectivity index (χ0) is 26.7. The predicted molar refractivity (Wildman–Crippen MR) is 128 cm³/mol. The summed E-state index contributed by atoms with van der Waals surface area (Å²) in [5.74, 6) is -0.514. The number of nitrogens with zero attached hydrogens (tertiary/aromatic N) is 2. The molecular weight excluding hydrogens is 495 g/mol. The maximum atomic E-state index is 13.6. The molecule has 6 atom stereocenters. The Bertz CT molecular complexity index is 1160. The summed E-state index contributed by atoms with van der Waals surface area (Å²) in [6, 6.07) is 8.37. The van der Waals surface area contributed by atoms with Crippen LogP contribution in [0.15, 0.2) is 47.4 Å². The molecule has 2 unspecified atom stereocenters. The maximum Gasteiger partial charge on any atom is 0.459 e. The van der Waals surface area contributed by atoms with E-state index in [0.717, 1.165) is 4.57 Å². The third-order valence-electron chi connectivity index (χ3n) is 5.37. The van der Waals surface area contributed by atoms with Crippen LogP contribution in [0, 0.1) is 0 Å². The summed E-state index contributed by atoms with van der Waals surface area (Å²) in [6.07, 6.45) is -3.28. The van der Waals surface area contributed by atoms with Crippen molar-refractivity contribution < 1.29 is 38.1 Å². The molecule has 14 heteroatoms. The van der Waals surface area contributed by atoms with E-state index >= 15 is 0 Å². The second-order valence-corrected chi connectivity index (χ2v) is 10.5. The molecule has 1 aliphatic heterocycles. The van der Waals surface area contributed by atoms with Gasteiger partial charge in [0.15, 0.2) is 6.23 Å². The first kappa shape index (κ1) is 27.8. The zero-order valence-corrected chi connectivity index (χ0v) is 21.2. The van der Waals surface area contributed by atoms with Gasteiger partial charge in [-0.05, 0) is 45.9 Å². The SMILES string of the molecule is CC(C)OC(=O)[C@H](C)NP(=O)(OC[C@H]1O[C@@H](n2ccc(N)nc2=O)[C@@H](O)C1(C)O)Oc1ccccc1. The minimum absolute atomic E-state index is 0.0226. The van der Waals surface area contributed by atoms with Crippen LogP contribution in [0.4, 0.5) is 5.82 Å². The fourth-order valence-electron chi connectivity index (χ4n) is 3.40. The van der Waals surface area contributed by atoms with Crippen molar-refractivity contribution in [3.63, 3.8) is 0 Å². The number of rotatable bonds is 10. The number of benzene rings is 1. The molecule has 0 aliphatic carbocycles. The average molecular weight is 526 g/mol. The summed E-state index contributed by atoms with van der Waals surface area (Å²) >= 11 is 0. The molecule has 0 saturated carbocycles. The monoisotopic (exact) mass is 526 g/mol. The lowest BCUT2D eigenvalue weighted by Crippen LogP contribution is -2.47. The first-order valence-electron chi connectivity index (χ1n) is 11.2. The topological polar surface area (TPSA) is 184 Å².